The molecular weight excluding hydrogens is 492 g/mol. The lowest BCUT2D eigenvalue weighted by Gasteiger charge is -2.36. The Hall–Kier alpha value is -3.80. The van der Waals surface area contributed by atoms with E-state index in [1.165, 1.54) is 23.4 Å². The Labute approximate surface area is 218 Å². The van der Waals surface area contributed by atoms with Crippen LogP contribution < -0.4 is 25.8 Å². The van der Waals surface area contributed by atoms with E-state index in [2.05, 4.69) is 31.9 Å². The number of nitrogens with zero attached hydrogens (tertiary/aromatic N) is 8. The van der Waals surface area contributed by atoms with E-state index in [9.17, 15) is 9.59 Å². The molecule has 4 aromatic rings. The van der Waals surface area contributed by atoms with Gasteiger partial charge in [0.2, 0.25) is 5.95 Å². The summed E-state index contributed by atoms with van der Waals surface area (Å²) in [6.07, 6.45) is 1.75. The van der Waals surface area contributed by atoms with E-state index in [4.69, 9.17) is 9.72 Å². The molecule has 1 fully saturated rings. The molecule has 0 atom stereocenters. The molecule has 0 aliphatic carbocycles. The lowest BCUT2D eigenvalue weighted by Crippen LogP contribution is -2.47. The number of hydrogen-bond donors (Lipinski definition) is 0. The molecule has 0 spiro atoms. The van der Waals surface area contributed by atoms with Crippen molar-refractivity contribution in [2.75, 3.05) is 48.8 Å². The summed E-state index contributed by atoms with van der Waals surface area (Å²) in [5.41, 5.74) is 2.15. The second kappa shape index (κ2) is 10.3. The molecule has 11 nitrogen and oxygen atoms in total. The zero-order valence-electron chi connectivity index (χ0n) is 21.4. The largest absolute Gasteiger partial charge is 0.497 e. The van der Waals surface area contributed by atoms with Crippen LogP contribution >= 0.6 is 11.8 Å². The number of hydrogen-bond acceptors (Lipinski definition) is 9. The summed E-state index contributed by atoms with van der Waals surface area (Å²) in [5, 5.41) is 0.694. The van der Waals surface area contributed by atoms with Gasteiger partial charge in [0.25, 0.3) is 5.56 Å². The van der Waals surface area contributed by atoms with Crippen LogP contribution in [-0.4, -0.2) is 67.7 Å². The van der Waals surface area contributed by atoms with Gasteiger partial charge in [0.15, 0.2) is 16.3 Å². The summed E-state index contributed by atoms with van der Waals surface area (Å²) in [7, 11) is 4.82. The topological polar surface area (TPSA) is 103 Å². The number of fused-ring (bicyclic) bond motifs is 1. The molecule has 4 heterocycles. The first kappa shape index (κ1) is 24.9. The summed E-state index contributed by atoms with van der Waals surface area (Å²) >= 11 is 1.53. The third kappa shape index (κ3) is 4.80. The molecule has 0 amide bonds. The van der Waals surface area contributed by atoms with Crippen molar-refractivity contribution in [2.45, 2.75) is 18.6 Å². The van der Waals surface area contributed by atoms with Gasteiger partial charge in [-0.25, -0.2) is 14.8 Å². The van der Waals surface area contributed by atoms with E-state index in [0.29, 0.717) is 34.6 Å². The van der Waals surface area contributed by atoms with Gasteiger partial charge >= 0.3 is 5.69 Å². The summed E-state index contributed by atoms with van der Waals surface area (Å²) in [5.74, 6) is 2.19. The SMILES string of the molecule is COc1ccc(N2CCN(c3nc4c(c(=O)n(C)c(=O)n4C)n3CCSc3nccc(C)n3)CC2)cc1. The molecule has 12 heteroatoms. The number of piperazine rings is 1. The number of aryl methyl sites for hydroxylation is 3. The Morgan fingerprint density at radius 2 is 1.65 bits per heavy atom. The van der Waals surface area contributed by atoms with Crippen molar-refractivity contribution in [2.24, 2.45) is 14.1 Å². The van der Waals surface area contributed by atoms with Gasteiger partial charge in [-0.1, -0.05) is 11.8 Å². The Kier molecular flexibility index (Phi) is 6.92. The standard InChI is InChI=1S/C25H30N8O3S/c1-17-9-10-26-23(27-17)37-16-15-33-20-21(29(2)25(35)30(3)22(20)34)28-24(33)32-13-11-31(12-14-32)18-5-7-19(36-4)8-6-18/h5-10H,11-16H2,1-4H3. The van der Waals surface area contributed by atoms with E-state index in [0.717, 1.165) is 47.9 Å². The summed E-state index contributed by atoms with van der Waals surface area (Å²) in [6.45, 7) is 5.54. The van der Waals surface area contributed by atoms with Crippen LogP contribution in [0.2, 0.25) is 0 Å². The van der Waals surface area contributed by atoms with E-state index in [-0.39, 0.29) is 11.2 Å². The second-order valence-electron chi connectivity index (χ2n) is 8.94. The van der Waals surface area contributed by atoms with Gasteiger partial charge < -0.3 is 19.1 Å². The number of benzene rings is 1. The van der Waals surface area contributed by atoms with Gasteiger partial charge in [0.05, 0.1) is 7.11 Å². The number of rotatable bonds is 7. The maximum atomic E-state index is 13.2. The number of methoxy groups -OCH3 is 1. The van der Waals surface area contributed by atoms with E-state index in [1.54, 1.807) is 20.4 Å². The van der Waals surface area contributed by atoms with Crippen LogP contribution in [0.4, 0.5) is 11.6 Å². The molecule has 0 unspecified atom stereocenters. The molecule has 1 aliphatic rings. The minimum Gasteiger partial charge on any atom is -0.497 e. The molecule has 1 aliphatic heterocycles. The highest BCUT2D eigenvalue weighted by Crippen LogP contribution is 2.25. The predicted octanol–water partition coefficient (Wildman–Crippen LogP) is 1.66. The lowest BCUT2D eigenvalue weighted by atomic mass is 10.2. The zero-order valence-corrected chi connectivity index (χ0v) is 22.2. The van der Waals surface area contributed by atoms with Crippen molar-refractivity contribution in [3.63, 3.8) is 0 Å². The Balaban J connectivity index is 1.43. The van der Waals surface area contributed by atoms with E-state index in [1.807, 2.05) is 29.7 Å². The smallest absolute Gasteiger partial charge is 0.332 e. The molecule has 1 aromatic carbocycles. The van der Waals surface area contributed by atoms with Crippen LogP contribution in [0.1, 0.15) is 5.69 Å². The maximum Gasteiger partial charge on any atom is 0.332 e. The van der Waals surface area contributed by atoms with Crippen LogP contribution in [0.15, 0.2) is 51.3 Å². The summed E-state index contributed by atoms with van der Waals surface area (Å²) in [6, 6.07) is 9.92. The van der Waals surface area contributed by atoms with E-state index >= 15 is 0 Å². The van der Waals surface area contributed by atoms with Crippen LogP contribution in [0.3, 0.4) is 0 Å². The Bertz CT molecular complexity index is 1530. The average Bonchev–Trinajstić information content (AvgIpc) is 3.30. The van der Waals surface area contributed by atoms with Gasteiger partial charge in [0, 0.05) is 70.2 Å². The highest BCUT2D eigenvalue weighted by atomic mass is 32.2. The molecule has 0 saturated carbocycles. The Morgan fingerprint density at radius 3 is 2.32 bits per heavy atom. The van der Waals surface area contributed by atoms with Gasteiger partial charge in [-0.15, -0.1) is 0 Å². The summed E-state index contributed by atoms with van der Waals surface area (Å²) < 4.78 is 9.81. The normalized spacial score (nSPS) is 13.9. The number of aromatic nitrogens is 6. The fourth-order valence-corrected chi connectivity index (χ4v) is 5.37. The lowest BCUT2D eigenvalue weighted by molar-refractivity contribution is 0.415. The van der Waals surface area contributed by atoms with Crippen molar-refractivity contribution >= 4 is 34.6 Å². The first-order valence-corrected chi connectivity index (χ1v) is 13.1. The Morgan fingerprint density at radius 1 is 0.946 bits per heavy atom. The van der Waals surface area contributed by atoms with Crippen LogP contribution in [-0.2, 0) is 20.6 Å². The van der Waals surface area contributed by atoms with Gasteiger partial charge in [-0.05, 0) is 37.3 Å². The van der Waals surface area contributed by atoms with Gasteiger partial charge in [-0.3, -0.25) is 13.9 Å². The molecular formula is C25H30N8O3S. The summed E-state index contributed by atoms with van der Waals surface area (Å²) in [4.78, 5) is 43.9. The molecule has 1 saturated heterocycles. The highest BCUT2D eigenvalue weighted by Gasteiger charge is 2.26. The van der Waals surface area contributed by atoms with Crippen molar-refractivity contribution < 1.29 is 4.74 Å². The number of thioether (sulfide) groups is 1. The molecule has 194 valence electrons. The maximum absolute atomic E-state index is 13.2. The number of anilines is 2. The molecule has 37 heavy (non-hydrogen) atoms. The number of ether oxygens (including phenoxy) is 1. The third-order valence-corrected chi connectivity index (χ3v) is 7.49. The molecule has 5 rings (SSSR count). The third-order valence-electron chi connectivity index (χ3n) is 6.65. The zero-order chi connectivity index (χ0) is 26.1. The monoisotopic (exact) mass is 522 g/mol. The van der Waals surface area contributed by atoms with Crippen LogP contribution in [0.25, 0.3) is 11.2 Å². The van der Waals surface area contributed by atoms with Crippen molar-refractivity contribution in [1.29, 1.82) is 0 Å². The molecule has 0 bridgehead atoms. The first-order valence-electron chi connectivity index (χ1n) is 12.1. The quantitative estimate of drug-likeness (QED) is 0.265. The van der Waals surface area contributed by atoms with Gasteiger partial charge in [-0.2, -0.15) is 4.98 Å². The predicted molar refractivity (Wildman–Crippen MR) is 145 cm³/mol. The van der Waals surface area contributed by atoms with E-state index < -0.39 is 0 Å². The second-order valence-corrected chi connectivity index (χ2v) is 10.0. The molecule has 0 radical (unpaired) electrons. The average molecular weight is 523 g/mol. The van der Waals surface area contributed by atoms with Crippen molar-refractivity contribution in [3.05, 3.63) is 63.1 Å². The van der Waals surface area contributed by atoms with Crippen LogP contribution in [0, 0.1) is 6.92 Å². The van der Waals surface area contributed by atoms with Gasteiger partial charge in [0.1, 0.15) is 5.75 Å². The number of imidazole rings is 1. The first-order chi connectivity index (χ1) is 17.9. The minimum absolute atomic E-state index is 0.342. The molecule has 0 N–H and O–H groups in total. The highest BCUT2D eigenvalue weighted by molar-refractivity contribution is 7.99. The fraction of sp³-hybridized carbons (Fsp3) is 0.400. The van der Waals surface area contributed by atoms with Crippen molar-refractivity contribution in [1.82, 2.24) is 28.7 Å². The molecule has 3 aromatic heterocycles. The fourth-order valence-electron chi connectivity index (χ4n) is 4.57. The van der Waals surface area contributed by atoms with Crippen LogP contribution in [0.5, 0.6) is 5.75 Å². The van der Waals surface area contributed by atoms with Crippen molar-refractivity contribution in [3.8, 4) is 5.75 Å². The minimum atomic E-state index is -0.388.